The molecule has 0 atom stereocenters. The van der Waals surface area contributed by atoms with Gasteiger partial charge in [-0.1, -0.05) is 19.3 Å². The van der Waals surface area contributed by atoms with E-state index in [0.717, 1.165) is 12.8 Å². The van der Waals surface area contributed by atoms with Crippen LogP contribution in [0.4, 0.5) is 5.13 Å². The van der Waals surface area contributed by atoms with E-state index in [-0.39, 0.29) is 18.5 Å². The largest absolute Gasteiger partial charge is 0.444 e. The number of thiazole rings is 1. The van der Waals surface area contributed by atoms with Gasteiger partial charge in [0.15, 0.2) is 16.4 Å². The van der Waals surface area contributed by atoms with Crippen molar-refractivity contribution in [2.45, 2.75) is 75.5 Å². The normalized spacial score (nSPS) is 27.6. The SMILES string of the molecule is NC(=O)C1(OC(=O)c2csc(NC3CCCCC3)n2)CCC(O)CC1. The highest BCUT2D eigenvalue weighted by Gasteiger charge is 2.44. The Labute approximate surface area is 151 Å². The number of anilines is 1. The van der Waals surface area contributed by atoms with E-state index < -0.39 is 23.6 Å². The Morgan fingerprint density at radius 2 is 1.92 bits per heavy atom. The molecule has 138 valence electrons. The van der Waals surface area contributed by atoms with Crippen LogP contribution in [0.3, 0.4) is 0 Å². The fourth-order valence-corrected chi connectivity index (χ4v) is 4.31. The smallest absolute Gasteiger partial charge is 0.358 e. The molecule has 3 rings (SSSR count). The number of primary amides is 1. The maximum absolute atomic E-state index is 12.4. The van der Waals surface area contributed by atoms with Crippen LogP contribution < -0.4 is 11.1 Å². The maximum Gasteiger partial charge on any atom is 0.358 e. The first-order valence-electron chi connectivity index (χ1n) is 8.92. The topological polar surface area (TPSA) is 115 Å². The summed E-state index contributed by atoms with van der Waals surface area (Å²) in [5, 5.41) is 15.3. The van der Waals surface area contributed by atoms with Gasteiger partial charge >= 0.3 is 5.97 Å². The Balaban J connectivity index is 1.63. The highest BCUT2D eigenvalue weighted by molar-refractivity contribution is 7.13. The Morgan fingerprint density at radius 1 is 1.24 bits per heavy atom. The number of carbonyl (C=O) groups excluding carboxylic acids is 2. The Hall–Kier alpha value is -1.67. The fraction of sp³-hybridized carbons (Fsp3) is 0.706. The molecule has 25 heavy (non-hydrogen) atoms. The number of hydrogen-bond donors (Lipinski definition) is 3. The minimum atomic E-state index is -1.34. The molecule has 0 aromatic carbocycles. The summed E-state index contributed by atoms with van der Waals surface area (Å²) in [5.74, 6) is -1.30. The minimum Gasteiger partial charge on any atom is -0.444 e. The number of rotatable bonds is 5. The molecule has 1 aromatic heterocycles. The van der Waals surface area contributed by atoms with E-state index in [1.807, 2.05) is 0 Å². The summed E-state index contributed by atoms with van der Waals surface area (Å²) in [6, 6.07) is 0.403. The van der Waals surface area contributed by atoms with Gasteiger partial charge in [0.25, 0.3) is 5.91 Å². The third-order valence-electron chi connectivity index (χ3n) is 5.15. The number of amides is 1. The molecule has 7 nitrogen and oxygen atoms in total. The van der Waals surface area contributed by atoms with Crippen molar-refractivity contribution in [1.82, 2.24) is 4.98 Å². The van der Waals surface area contributed by atoms with E-state index in [9.17, 15) is 14.7 Å². The Kier molecular flexibility index (Phi) is 5.58. The van der Waals surface area contributed by atoms with Crippen LogP contribution >= 0.6 is 11.3 Å². The van der Waals surface area contributed by atoms with Crippen molar-refractivity contribution in [3.8, 4) is 0 Å². The van der Waals surface area contributed by atoms with Crippen molar-refractivity contribution in [3.63, 3.8) is 0 Å². The molecule has 2 fully saturated rings. The molecule has 2 saturated carbocycles. The lowest BCUT2D eigenvalue weighted by Crippen LogP contribution is -2.50. The average molecular weight is 367 g/mol. The van der Waals surface area contributed by atoms with Crippen molar-refractivity contribution in [2.24, 2.45) is 5.73 Å². The van der Waals surface area contributed by atoms with Crippen molar-refractivity contribution in [2.75, 3.05) is 5.32 Å². The molecule has 0 aliphatic heterocycles. The summed E-state index contributed by atoms with van der Waals surface area (Å²) in [6.45, 7) is 0. The number of hydrogen-bond acceptors (Lipinski definition) is 7. The highest BCUT2D eigenvalue weighted by atomic mass is 32.1. The van der Waals surface area contributed by atoms with Gasteiger partial charge < -0.3 is 20.9 Å². The van der Waals surface area contributed by atoms with Gasteiger partial charge in [0.05, 0.1) is 6.10 Å². The van der Waals surface area contributed by atoms with Gasteiger partial charge in [0.2, 0.25) is 0 Å². The molecule has 1 heterocycles. The van der Waals surface area contributed by atoms with Gasteiger partial charge in [-0.05, 0) is 38.5 Å². The van der Waals surface area contributed by atoms with Crippen molar-refractivity contribution >= 4 is 28.3 Å². The van der Waals surface area contributed by atoms with Gasteiger partial charge in [-0.15, -0.1) is 11.3 Å². The van der Waals surface area contributed by atoms with Crippen molar-refractivity contribution in [1.29, 1.82) is 0 Å². The maximum atomic E-state index is 12.4. The van der Waals surface area contributed by atoms with Crippen LogP contribution in [0.15, 0.2) is 5.38 Å². The van der Waals surface area contributed by atoms with Crippen LogP contribution in [0, 0.1) is 0 Å². The summed E-state index contributed by atoms with van der Waals surface area (Å²) in [6.07, 6.45) is 6.73. The lowest BCUT2D eigenvalue weighted by atomic mass is 9.82. The number of nitrogens with one attached hydrogen (secondary N) is 1. The molecule has 2 aliphatic carbocycles. The van der Waals surface area contributed by atoms with Gasteiger partial charge in [-0.2, -0.15) is 0 Å². The lowest BCUT2D eigenvalue weighted by Gasteiger charge is -2.35. The summed E-state index contributed by atoms with van der Waals surface area (Å²) in [7, 11) is 0. The second-order valence-corrected chi connectivity index (χ2v) is 7.85. The fourth-order valence-electron chi connectivity index (χ4n) is 3.55. The zero-order chi connectivity index (χ0) is 17.9. The quantitative estimate of drug-likeness (QED) is 0.687. The predicted molar refractivity (Wildman–Crippen MR) is 94.4 cm³/mol. The molecule has 4 N–H and O–H groups in total. The first-order valence-corrected chi connectivity index (χ1v) is 9.80. The van der Waals surface area contributed by atoms with Gasteiger partial charge in [-0.25, -0.2) is 9.78 Å². The van der Waals surface area contributed by atoms with Crippen LogP contribution in [0.1, 0.15) is 68.3 Å². The number of nitrogens with two attached hydrogens (primary N) is 1. The van der Waals surface area contributed by atoms with E-state index in [0.29, 0.717) is 24.0 Å². The predicted octanol–water partition coefficient (Wildman–Crippen LogP) is 2.20. The lowest BCUT2D eigenvalue weighted by molar-refractivity contribution is -0.143. The molecular weight excluding hydrogens is 342 g/mol. The minimum absolute atomic E-state index is 0.190. The molecule has 0 spiro atoms. The molecule has 0 bridgehead atoms. The molecule has 0 unspecified atom stereocenters. The zero-order valence-corrected chi connectivity index (χ0v) is 15.0. The average Bonchev–Trinajstić information content (AvgIpc) is 3.06. The third kappa shape index (κ3) is 4.30. The molecule has 1 amide bonds. The summed E-state index contributed by atoms with van der Waals surface area (Å²) in [4.78, 5) is 28.6. The number of aromatic nitrogens is 1. The molecule has 0 radical (unpaired) electrons. The second kappa shape index (κ2) is 7.70. The van der Waals surface area contributed by atoms with Crippen molar-refractivity contribution < 1.29 is 19.4 Å². The number of nitrogens with zero attached hydrogens (tertiary/aromatic N) is 1. The number of aliphatic hydroxyl groups excluding tert-OH is 1. The van der Waals surface area contributed by atoms with Crippen LogP contribution in [-0.2, 0) is 9.53 Å². The summed E-state index contributed by atoms with van der Waals surface area (Å²) in [5.41, 5.74) is 4.33. The first-order chi connectivity index (χ1) is 12.0. The molecule has 0 saturated heterocycles. The molecule has 2 aliphatic rings. The Morgan fingerprint density at radius 3 is 2.56 bits per heavy atom. The van der Waals surface area contributed by atoms with Crippen LogP contribution in [0.25, 0.3) is 0 Å². The van der Waals surface area contributed by atoms with Crippen LogP contribution in [-0.4, -0.2) is 39.7 Å². The number of esters is 1. The monoisotopic (exact) mass is 367 g/mol. The first kappa shape index (κ1) is 18.1. The molecular formula is C17H25N3O4S. The zero-order valence-electron chi connectivity index (χ0n) is 14.2. The van der Waals surface area contributed by atoms with Crippen molar-refractivity contribution in [3.05, 3.63) is 11.1 Å². The molecule has 8 heteroatoms. The van der Waals surface area contributed by atoms with E-state index in [1.165, 1.54) is 30.6 Å². The highest BCUT2D eigenvalue weighted by Crippen LogP contribution is 2.33. The van der Waals surface area contributed by atoms with E-state index in [1.54, 1.807) is 5.38 Å². The van der Waals surface area contributed by atoms with Crippen LogP contribution in [0.2, 0.25) is 0 Å². The number of aliphatic hydroxyl groups is 1. The third-order valence-corrected chi connectivity index (χ3v) is 5.92. The van der Waals surface area contributed by atoms with Crippen LogP contribution in [0.5, 0.6) is 0 Å². The second-order valence-electron chi connectivity index (χ2n) is 7.00. The van der Waals surface area contributed by atoms with Gasteiger partial charge in [-0.3, -0.25) is 4.79 Å². The number of carbonyl (C=O) groups is 2. The summed E-state index contributed by atoms with van der Waals surface area (Å²) < 4.78 is 5.47. The van der Waals surface area contributed by atoms with Gasteiger partial charge in [0, 0.05) is 11.4 Å². The molecule has 1 aromatic rings. The Bertz CT molecular complexity index is 619. The van der Waals surface area contributed by atoms with E-state index in [4.69, 9.17) is 10.5 Å². The number of ether oxygens (including phenoxy) is 1. The van der Waals surface area contributed by atoms with Gasteiger partial charge in [0.1, 0.15) is 0 Å². The van der Waals surface area contributed by atoms with E-state index in [2.05, 4.69) is 10.3 Å². The summed E-state index contributed by atoms with van der Waals surface area (Å²) >= 11 is 1.36. The van der Waals surface area contributed by atoms with E-state index >= 15 is 0 Å². The standard InChI is InChI=1S/C17H25N3O4S/c18-15(23)17(8-6-12(21)7-9-17)24-14(22)13-10-25-16(20-13)19-11-4-2-1-3-5-11/h10-12,21H,1-9H2,(H2,18,23)(H,19,20).